The molecule has 0 saturated carbocycles. The minimum atomic E-state index is -4.36. The van der Waals surface area contributed by atoms with E-state index in [2.05, 4.69) is 15.5 Å². The number of rotatable bonds is 7. The van der Waals surface area contributed by atoms with Crippen LogP contribution in [-0.2, 0) is 11.0 Å². The van der Waals surface area contributed by atoms with E-state index in [1.54, 1.807) is 6.07 Å². The lowest BCUT2D eigenvalue weighted by Crippen LogP contribution is -2.44. The van der Waals surface area contributed by atoms with Crippen LogP contribution in [0.5, 0.6) is 0 Å². The number of amides is 1. The van der Waals surface area contributed by atoms with Gasteiger partial charge in [-0.3, -0.25) is 4.79 Å². The zero-order valence-electron chi connectivity index (χ0n) is 13.8. The van der Waals surface area contributed by atoms with E-state index in [0.717, 1.165) is 63.0 Å². The number of thioether (sulfide) groups is 1. The van der Waals surface area contributed by atoms with Gasteiger partial charge in [-0.25, -0.2) is 0 Å². The zero-order chi connectivity index (χ0) is 17.4. The first-order valence-electron chi connectivity index (χ1n) is 7.95. The van der Waals surface area contributed by atoms with E-state index in [0.29, 0.717) is 11.4 Å². The first-order chi connectivity index (χ1) is 11.4. The van der Waals surface area contributed by atoms with Gasteiger partial charge in [-0.1, -0.05) is 6.07 Å². The first-order valence-corrected chi connectivity index (χ1v) is 8.93. The number of benzene rings is 1. The van der Waals surface area contributed by atoms with Gasteiger partial charge in [0.25, 0.3) is 0 Å². The van der Waals surface area contributed by atoms with Crippen molar-refractivity contribution in [2.45, 2.75) is 17.5 Å². The highest BCUT2D eigenvalue weighted by atomic mass is 35.5. The van der Waals surface area contributed by atoms with Crippen LogP contribution in [-0.4, -0.2) is 55.8 Å². The van der Waals surface area contributed by atoms with Crippen LogP contribution in [0.4, 0.5) is 13.2 Å². The average molecular weight is 398 g/mol. The molecule has 1 heterocycles. The van der Waals surface area contributed by atoms with Crippen LogP contribution < -0.4 is 10.6 Å². The Kier molecular flexibility index (Phi) is 9.63. The van der Waals surface area contributed by atoms with Crippen LogP contribution in [0.3, 0.4) is 0 Å². The number of carbonyl (C=O) groups excluding carboxylic acids is 1. The molecule has 0 unspecified atom stereocenters. The van der Waals surface area contributed by atoms with Gasteiger partial charge in [-0.15, -0.1) is 24.2 Å². The standard InChI is InChI=1S/C16H22F3N3OS.ClH/c17-16(18,19)13-3-1-4-14(11-13)24-12-15(23)21-5-2-8-22-9-6-20-7-10-22;/h1,3-4,11,20H,2,5-10,12H2,(H,21,23);1H. The van der Waals surface area contributed by atoms with Crippen molar-refractivity contribution in [2.75, 3.05) is 45.0 Å². The van der Waals surface area contributed by atoms with E-state index in [1.165, 1.54) is 6.07 Å². The second-order valence-electron chi connectivity index (χ2n) is 5.61. The summed E-state index contributed by atoms with van der Waals surface area (Å²) in [5.41, 5.74) is -0.691. The fourth-order valence-electron chi connectivity index (χ4n) is 2.43. The highest BCUT2D eigenvalue weighted by Crippen LogP contribution is 2.31. The van der Waals surface area contributed by atoms with E-state index in [-0.39, 0.29) is 24.1 Å². The number of hydrogen-bond acceptors (Lipinski definition) is 4. The normalized spacial score (nSPS) is 15.5. The number of hydrogen-bond donors (Lipinski definition) is 2. The highest BCUT2D eigenvalue weighted by molar-refractivity contribution is 8.00. The van der Waals surface area contributed by atoms with Crippen molar-refractivity contribution in [1.82, 2.24) is 15.5 Å². The molecule has 142 valence electrons. The van der Waals surface area contributed by atoms with Crippen LogP contribution in [0, 0.1) is 0 Å². The third-order valence-electron chi connectivity index (χ3n) is 3.71. The predicted molar refractivity (Wildman–Crippen MR) is 96.4 cm³/mol. The molecule has 0 spiro atoms. The second kappa shape index (κ2) is 10.9. The summed E-state index contributed by atoms with van der Waals surface area (Å²) in [7, 11) is 0. The molecule has 0 atom stereocenters. The van der Waals surface area contributed by atoms with Crippen molar-refractivity contribution in [3.05, 3.63) is 29.8 Å². The summed E-state index contributed by atoms with van der Waals surface area (Å²) < 4.78 is 37.9. The minimum absolute atomic E-state index is 0. The van der Waals surface area contributed by atoms with E-state index in [4.69, 9.17) is 0 Å². The Balaban J connectivity index is 0.00000312. The summed E-state index contributed by atoms with van der Waals surface area (Å²) in [4.78, 5) is 14.6. The highest BCUT2D eigenvalue weighted by Gasteiger charge is 2.30. The fourth-order valence-corrected chi connectivity index (χ4v) is 3.21. The monoisotopic (exact) mass is 397 g/mol. The minimum Gasteiger partial charge on any atom is -0.355 e. The maximum absolute atomic E-state index is 12.6. The van der Waals surface area contributed by atoms with Crippen molar-refractivity contribution in [2.24, 2.45) is 0 Å². The molecule has 0 bridgehead atoms. The van der Waals surface area contributed by atoms with Crippen molar-refractivity contribution < 1.29 is 18.0 Å². The summed E-state index contributed by atoms with van der Waals surface area (Å²) >= 11 is 1.11. The maximum Gasteiger partial charge on any atom is 0.416 e. The third kappa shape index (κ3) is 8.31. The van der Waals surface area contributed by atoms with Crippen LogP contribution in [0.2, 0.25) is 0 Å². The summed E-state index contributed by atoms with van der Waals surface area (Å²) in [6.45, 7) is 5.59. The Morgan fingerprint density at radius 2 is 2.00 bits per heavy atom. The molecular weight excluding hydrogens is 375 g/mol. The molecule has 25 heavy (non-hydrogen) atoms. The van der Waals surface area contributed by atoms with Gasteiger partial charge >= 0.3 is 6.18 Å². The molecule has 2 N–H and O–H groups in total. The van der Waals surface area contributed by atoms with Gasteiger partial charge in [0, 0.05) is 37.6 Å². The van der Waals surface area contributed by atoms with E-state index in [1.807, 2.05) is 0 Å². The Labute approximate surface area is 156 Å². The van der Waals surface area contributed by atoms with E-state index >= 15 is 0 Å². The van der Waals surface area contributed by atoms with E-state index < -0.39 is 11.7 Å². The largest absolute Gasteiger partial charge is 0.416 e. The van der Waals surface area contributed by atoms with Gasteiger partial charge < -0.3 is 15.5 Å². The second-order valence-corrected chi connectivity index (χ2v) is 6.66. The third-order valence-corrected chi connectivity index (χ3v) is 4.71. The van der Waals surface area contributed by atoms with Crippen LogP contribution in [0.15, 0.2) is 29.2 Å². The summed E-state index contributed by atoms with van der Waals surface area (Å²) in [5.74, 6) is -0.0349. The molecule has 1 saturated heterocycles. The van der Waals surface area contributed by atoms with Crippen molar-refractivity contribution >= 4 is 30.1 Å². The first kappa shape index (κ1) is 22.1. The van der Waals surface area contributed by atoms with Gasteiger partial charge in [0.2, 0.25) is 5.91 Å². The zero-order valence-corrected chi connectivity index (χ0v) is 15.4. The molecule has 0 aliphatic carbocycles. The maximum atomic E-state index is 12.6. The smallest absolute Gasteiger partial charge is 0.355 e. The number of carbonyl (C=O) groups is 1. The Bertz CT molecular complexity index is 540. The Morgan fingerprint density at radius 3 is 2.68 bits per heavy atom. The lowest BCUT2D eigenvalue weighted by Gasteiger charge is -2.27. The molecule has 1 aromatic rings. The number of nitrogens with one attached hydrogen (secondary N) is 2. The molecule has 1 fully saturated rings. The molecule has 1 aliphatic heterocycles. The molecule has 1 aliphatic rings. The molecule has 1 aromatic carbocycles. The summed E-state index contributed by atoms with van der Waals surface area (Å²) in [5, 5.41) is 6.10. The summed E-state index contributed by atoms with van der Waals surface area (Å²) in [6.07, 6.45) is -3.48. The van der Waals surface area contributed by atoms with Gasteiger partial charge in [-0.05, 0) is 31.2 Å². The van der Waals surface area contributed by atoms with Crippen LogP contribution in [0.25, 0.3) is 0 Å². The van der Waals surface area contributed by atoms with Crippen LogP contribution >= 0.6 is 24.2 Å². The molecule has 4 nitrogen and oxygen atoms in total. The van der Waals surface area contributed by atoms with Gasteiger partial charge in [0.05, 0.1) is 11.3 Å². The number of nitrogens with zero attached hydrogens (tertiary/aromatic N) is 1. The molecule has 2 rings (SSSR count). The fraction of sp³-hybridized carbons (Fsp3) is 0.562. The number of halogens is 4. The van der Waals surface area contributed by atoms with Gasteiger partial charge in [0.15, 0.2) is 0 Å². The number of alkyl halides is 3. The van der Waals surface area contributed by atoms with Crippen LogP contribution in [0.1, 0.15) is 12.0 Å². The van der Waals surface area contributed by atoms with Crippen molar-refractivity contribution in [3.8, 4) is 0 Å². The van der Waals surface area contributed by atoms with Gasteiger partial charge in [0.1, 0.15) is 0 Å². The SMILES string of the molecule is Cl.O=C(CSc1cccc(C(F)(F)F)c1)NCCCN1CCNCC1. The van der Waals surface area contributed by atoms with Crippen molar-refractivity contribution in [3.63, 3.8) is 0 Å². The molecule has 1 amide bonds. The molecular formula is C16H23ClF3N3OS. The molecule has 9 heteroatoms. The Morgan fingerprint density at radius 1 is 1.28 bits per heavy atom. The average Bonchev–Trinajstić information content (AvgIpc) is 2.57. The predicted octanol–water partition coefficient (Wildman–Crippen LogP) is 2.63. The lowest BCUT2D eigenvalue weighted by atomic mass is 10.2. The van der Waals surface area contributed by atoms with E-state index in [9.17, 15) is 18.0 Å². The summed E-state index contributed by atoms with van der Waals surface area (Å²) in [6, 6.07) is 5.04. The lowest BCUT2D eigenvalue weighted by molar-refractivity contribution is -0.137. The Hall–Kier alpha value is -0.960. The topological polar surface area (TPSA) is 44.4 Å². The van der Waals surface area contributed by atoms with Gasteiger partial charge in [-0.2, -0.15) is 13.2 Å². The van der Waals surface area contributed by atoms with Crippen molar-refractivity contribution in [1.29, 1.82) is 0 Å². The number of piperazine rings is 1. The quantitative estimate of drug-likeness (QED) is 0.548. The molecule has 0 radical (unpaired) electrons. The molecule has 0 aromatic heterocycles.